The van der Waals surface area contributed by atoms with E-state index < -0.39 is 10.0 Å². The highest BCUT2D eigenvalue weighted by molar-refractivity contribution is 7.89. The summed E-state index contributed by atoms with van der Waals surface area (Å²) in [6.07, 6.45) is 0. The zero-order valence-corrected chi connectivity index (χ0v) is 17.5. The Kier molecular flexibility index (Phi) is 7.56. The van der Waals surface area contributed by atoms with Gasteiger partial charge in [-0.25, -0.2) is 8.42 Å². The van der Waals surface area contributed by atoms with Crippen molar-refractivity contribution in [3.05, 3.63) is 59.7 Å². The van der Waals surface area contributed by atoms with Gasteiger partial charge in [0.05, 0.1) is 12.0 Å². The van der Waals surface area contributed by atoms with Gasteiger partial charge in [0, 0.05) is 37.9 Å². The highest BCUT2D eigenvalue weighted by Gasteiger charge is 2.21. The second-order valence-corrected chi connectivity index (χ2v) is 8.23. The molecule has 0 spiro atoms. The molecule has 0 aliphatic carbocycles. The average Bonchev–Trinajstić information content (AvgIpc) is 2.70. The summed E-state index contributed by atoms with van der Waals surface area (Å²) in [4.78, 5) is 19.3. The molecule has 0 saturated heterocycles. The molecule has 0 aliphatic heterocycles. The Hall–Kier alpha value is -2.42. The van der Waals surface area contributed by atoms with E-state index in [-0.39, 0.29) is 10.8 Å². The number of carbonyl (C=O) groups excluding carboxylic acids is 1. The highest BCUT2D eigenvalue weighted by atomic mass is 32.2. The molecule has 0 fully saturated rings. The third-order valence-electron chi connectivity index (χ3n) is 4.43. The maximum atomic E-state index is 12.3. The van der Waals surface area contributed by atoms with Gasteiger partial charge in [0.15, 0.2) is 0 Å². The van der Waals surface area contributed by atoms with Gasteiger partial charge in [-0.15, -0.1) is 0 Å². The predicted octanol–water partition coefficient (Wildman–Crippen LogP) is 2.43. The topological polar surface area (TPSA) is 79.0 Å². The number of nitrogens with zero attached hydrogens (tertiary/aromatic N) is 2. The lowest BCUT2D eigenvalue weighted by atomic mass is 10.2. The summed E-state index contributed by atoms with van der Waals surface area (Å²) in [6, 6.07) is 14.0. The van der Waals surface area contributed by atoms with E-state index in [9.17, 15) is 13.2 Å². The van der Waals surface area contributed by atoms with Crippen LogP contribution in [0.1, 0.15) is 22.8 Å². The molecule has 0 atom stereocenters. The zero-order chi connectivity index (χ0) is 20.7. The summed E-state index contributed by atoms with van der Waals surface area (Å²) in [7, 11) is -1.14. The first kappa shape index (κ1) is 21.9. The van der Waals surface area contributed by atoms with E-state index in [4.69, 9.17) is 4.84 Å². The molecule has 8 heteroatoms. The highest BCUT2D eigenvalue weighted by Crippen LogP contribution is 2.16. The van der Waals surface area contributed by atoms with Crippen LogP contribution >= 0.6 is 0 Å². The lowest BCUT2D eigenvalue weighted by Gasteiger charge is -2.23. The number of likely N-dealkylation sites (N-methyl/N-ethyl adjacent to an activating group) is 1. The van der Waals surface area contributed by atoms with Crippen LogP contribution in [-0.4, -0.2) is 52.6 Å². The minimum Gasteiger partial charge on any atom is -0.370 e. The molecule has 0 radical (unpaired) electrons. The molecule has 0 bridgehead atoms. The molecule has 2 aromatic rings. The van der Waals surface area contributed by atoms with Crippen molar-refractivity contribution in [2.24, 2.45) is 0 Å². The van der Waals surface area contributed by atoms with Crippen LogP contribution in [0.15, 0.2) is 53.4 Å². The molecule has 152 valence electrons. The smallest absolute Gasteiger partial charge is 0.264 e. The number of benzene rings is 2. The van der Waals surface area contributed by atoms with Crippen molar-refractivity contribution in [3.63, 3.8) is 0 Å². The van der Waals surface area contributed by atoms with Crippen molar-refractivity contribution in [1.29, 1.82) is 0 Å². The van der Waals surface area contributed by atoms with Crippen molar-refractivity contribution >= 4 is 21.6 Å². The van der Waals surface area contributed by atoms with Crippen molar-refractivity contribution < 1.29 is 18.0 Å². The van der Waals surface area contributed by atoms with E-state index in [0.29, 0.717) is 18.7 Å². The van der Waals surface area contributed by atoms with E-state index in [1.165, 1.54) is 44.0 Å². The Morgan fingerprint density at radius 3 is 2.39 bits per heavy atom. The molecule has 1 amide bonds. The summed E-state index contributed by atoms with van der Waals surface area (Å²) >= 11 is 0. The zero-order valence-electron chi connectivity index (χ0n) is 16.7. The van der Waals surface area contributed by atoms with Gasteiger partial charge in [-0.3, -0.25) is 9.63 Å². The molecular weight excluding hydrogens is 378 g/mol. The minimum absolute atomic E-state index is 0.0602. The number of hydrogen-bond acceptors (Lipinski definition) is 5. The van der Waals surface area contributed by atoms with Crippen LogP contribution in [0.25, 0.3) is 0 Å². The van der Waals surface area contributed by atoms with E-state index in [0.717, 1.165) is 16.7 Å². The van der Waals surface area contributed by atoms with Crippen LogP contribution in [0, 0.1) is 6.92 Å². The SMILES string of the molecule is CCN(CCNC(=O)c1ccc(S(=O)(=O)N(C)OC)cc1)c1cccc(C)c1. The Morgan fingerprint density at radius 1 is 1.14 bits per heavy atom. The number of rotatable bonds is 9. The van der Waals surface area contributed by atoms with Crippen LogP contribution in [0.3, 0.4) is 0 Å². The van der Waals surface area contributed by atoms with E-state index in [1.807, 2.05) is 19.1 Å². The number of anilines is 1. The molecular formula is C20H27N3O4S. The first-order valence-corrected chi connectivity index (χ1v) is 10.5. The molecule has 0 aliphatic rings. The number of aryl methyl sites for hydroxylation is 1. The molecule has 2 rings (SSSR count). The van der Waals surface area contributed by atoms with Crippen molar-refractivity contribution in [1.82, 2.24) is 9.79 Å². The Bertz CT molecular complexity index is 898. The van der Waals surface area contributed by atoms with Gasteiger partial charge in [0.2, 0.25) is 0 Å². The van der Waals surface area contributed by atoms with Crippen molar-refractivity contribution in [3.8, 4) is 0 Å². The van der Waals surface area contributed by atoms with Gasteiger partial charge in [0.25, 0.3) is 15.9 Å². The fraction of sp³-hybridized carbons (Fsp3) is 0.350. The summed E-state index contributed by atoms with van der Waals surface area (Å²) < 4.78 is 25.1. The maximum absolute atomic E-state index is 12.3. The lowest BCUT2D eigenvalue weighted by Crippen LogP contribution is -2.35. The largest absolute Gasteiger partial charge is 0.370 e. The average molecular weight is 406 g/mol. The molecule has 2 aromatic carbocycles. The van der Waals surface area contributed by atoms with Gasteiger partial charge in [-0.05, 0) is 55.8 Å². The molecule has 0 heterocycles. The van der Waals surface area contributed by atoms with Crippen LogP contribution in [0.2, 0.25) is 0 Å². The van der Waals surface area contributed by atoms with Crippen molar-refractivity contribution in [2.75, 3.05) is 38.7 Å². The number of hydroxylamine groups is 1. The summed E-state index contributed by atoms with van der Waals surface area (Å²) in [5, 5.41) is 2.88. The second kappa shape index (κ2) is 9.68. The molecule has 28 heavy (non-hydrogen) atoms. The number of nitrogens with one attached hydrogen (secondary N) is 1. The minimum atomic E-state index is -3.72. The summed E-state index contributed by atoms with van der Waals surface area (Å²) in [5.41, 5.74) is 2.71. The van der Waals surface area contributed by atoms with Gasteiger partial charge in [0.1, 0.15) is 0 Å². The Labute approximate surface area is 166 Å². The fourth-order valence-corrected chi connectivity index (χ4v) is 3.70. The van der Waals surface area contributed by atoms with E-state index >= 15 is 0 Å². The summed E-state index contributed by atoms with van der Waals surface area (Å²) in [6.45, 7) is 6.11. The molecule has 7 nitrogen and oxygen atoms in total. The van der Waals surface area contributed by atoms with Crippen LogP contribution < -0.4 is 10.2 Å². The number of carbonyl (C=O) groups is 1. The molecule has 0 unspecified atom stereocenters. The summed E-state index contributed by atoms with van der Waals surface area (Å²) in [5.74, 6) is -0.246. The first-order chi connectivity index (χ1) is 13.3. The normalized spacial score (nSPS) is 11.5. The fourth-order valence-electron chi connectivity index (χ4n) is 2.73. The van der Waals surface area contributed by atoms with Gasteiger partial charge >= 0.3 is 0 Å². The molecule has 0 aromatic heterocycles. The van der Waals surface area contributed by atoms with E-state index in [1.54, 1.807) is 0 Å². The van der Waals surface area contributed by atoms with Crippen LogP contribution in [0.5, 0.6) is 0 Å². The first-order valence-electron chi connectivity index (χ1n) is 9.02. The molecule has 1 N–H and O–H groups in total. The predicted molar refractivity (Wildman–Crippen MR) is 110 cm³/mol. The lowest BCUT2D eigenvalue weighted by molar-refractivity contribution is -0.0258. The van der Waals surface area contributed by atoms with Crippen LogP contribution in [-0.2, 0) is 14.9 Å². The van der Waals surface area contributed by atoms with Crippen molar-refractivity contribution in [2.45, 2.75) is 18.7 Å². The maximum Gasteiger partial charge on any atom is 0.264 e. The standard InChI is InChI=1S/C20H27N3O4S/c1-5-23(18-8-6-7-16(2)15-18)14-13-21-20(24)17-9-11-19(12-10-17)28(25,26)22(3)27-4/h6-12,15H,5,13-14H2,1-4H3,(H,21,24). The Balaban J connectivity index is 1.96. The van der Waals surface area contributed by atoms with Crippen LogP contribution in [0.4, 0.5) is 5.69 Å². The van der Waals surface area contributed by atoms with E-state index in [2.05, 4.69) is 29.3 Å². The quantitative estimate of drug-likeness (QED) is 0.648. The monoisotopic (exact) mass is 405 g/mol. The van der Waals surface area contributed by atoms with Gasteiger partial charge in [-0.2, -0.15) is 0 Å². The number of amides is 1. The number of sulfonamides is 1. The van der Waals surface area contributed by atoms with Gasteiger partial charge < -0.3 is 10.2 Å². The third kappa shape index (κ3) is 5.31. The Morgan fingerprint density at radius 2 is 1.82 bits per heavy atom. The third-order valence-corrected chi connectivity index (χ3v) is 6.12. The number of hydrogen-bond donors (Lipinski definition) is 1. The molecule has 0 saturated carbocycles. The van der Waals surface area contributed by atoms with Gasteiger partial charge in [-0.1, -0.05) is 16.6 Å². The second-order valence-electron chi connectivity index (χ2n) is 6.30.